The lowest BCUT2D eigenvalue weighted by molar-refractivity contribution is 0.0695. The molecule has 4 rings (SSSR count). The summed E-state index contributed by atoms with van der Waals surface area (Å²) in [6.45, 7) is 1.09. The third-order valence-electron chi connectivity index (χ3n) is 5.28. The first-order chi connectivity index (χ1) is 14.1. The van der Waals surface area contributed by atoms with E-state index in [2.05, 4.69) is 5.32 Å². The second-order valence-corrected chi connectivity index (χ2v) is 7.19. The van der Waals surface area contributed by atoms with Crippen molar-refractivity contribution in [2.45, 2.75) is 18.9 Å². The SMILES string of the molecule is O=C(NC1CCN(C(=O)c2ccccc2O)CC1)c1ccc(-n2cccc2)cc1. The van der Waals surface area contributed by atoms with E-state index in [1.165, 1.54) is 6.07 Å². The van der Waals surface area contributed by atoms with Gasteiger partial charge in [-0.05, 0) is 61.4 Å². The number of aromatic hydroxyl groups is 1. The molecule has 6 heteroatoms. The van der Waals surface area contributed by atoms with E-state index in [0.717, 1.165) is 5.69 Å². The number of phenols is 1. The molecule has 0 radical (unpaired) electrons. The highest BCUT2D eigenvalue weighted by Crippen LogP contribution is 2.21. The van der Waals surface area contributed by atoms with Gasteiger partial charge in [-0.3, -0.25) is 9.59 Å². The van der Waals surface area contributed by atoms with Crippen LogP contribution < -0.4 is 5.32 Å². The van der Waals surface area contributed by atoms with Gasteiger partial charge in [0.1, 0.15) is 5.75 Å². The van der Waals surface area contributed by atoms with Gasteiger partial charge in [0.25, 0.3) is 11.8 Å². The van der Waals surface area contributed by atoms with Crippen LogP contribution in [0.5, 0.6) is 5.75 Å². The molecule has 0 atom stereocenters. The monoisotopic (exact) mass is 389 g/mol. The number of aromatic nitrogens is 1. The number of likely N-dealkylation sites (tertiary alicyclic amines) is 1. The van der Waals surface area contributed by atoms with Crippen LogP contribution >= 0.6 is 0 Å². The topological polar surface area (TPSA) is 74.6 Å². The minimum atomic E-state index is -0.173. The summed E-state index contributed by atoms with van der Waals surface area (Å²) in [6, 6.07) is 18.0. The number of nitrogens with one attached hydrogen (secondary N) is 1. The molecular formula is C23H23N3O3. The minimum absolute atomic E-state index is 0.00344. The molecule has 2 aromatic carbocycles. The summed E-state index contributed by atoms with van der Waals surface area (Å²) in [4.78, 5) is 26.9. The van der Waals surface area contributed by atoms with Gasteiger partial charge in [-0.1, -0.05) is 12.1 Å². The van der Waals surface area contributed by atoms with E-state index in [0.29, 0.717) is 37.1 Å². The molecule has 2 amide bonds. The van der Waals surface area contributed by atoms with Crippen molar-refractivity contribution in [1.29, 1.82) is 0 Å². The molecule has 0 bridgehead atoms. The lowest BCUT2D eigenvalue weighted by Gasteiger charge is -2.32. The number of benzene rings is 2. The summed E-state index contributed by atoms with van der Waals surface area (Å²) in [7, 11) is 0. The molecule has 148 valence electrons. The van der Waals surface area contributed by atoms with Gasteiger partial charge in [-0.25, -0.2) is 0 Å². The predicted molar refractivity (Wildman–Crippen MR) is 110 cm³/mol. The van der Waals surface area contributed by atoms with Gasteiger partial charge in [-0.15, -0.1) is 0 Å². The van der Waals surface area contributed by atoms with E-state index >= 15 is 0 Å². The number of carbonyl (C=O) groups is 2. The van der Waals surface area contributed by atoms with Crippen LogP contribution in [0.25, 0.3) is 5.69 Å². The standard InChI is InChI=1S/C23H23N3O3/c27-21-6-2-1-5-20(21)23(29)26-15-11-18(12-16-26)24-22(28)17-7-9-19(10-8-17)25-13-3-4-14-25/h1-10,13-14,18,27H,11-12,15-16H2,(H,24,28). The van der Waals surface area contributed by atoms with Gasteiger partial charge in [0.2, 0.25) is 0 Å². The number of carbonyl (C=O) groups excluding carboxylic acids is 2. The highest BCUT2D eigenvalue weighted by Gasteiger charge is 2.26. The quantitative estimate of drug-likeness (QED) is 0.720. The fraction of sp³-hybridized carbons (Fsp3) is 0.217. The van der Waals surface area contributed by atoms with Gasteiger partial charge in [0, 0.05) is 42.8 Å². The molecule has 1 aliphatic rings. The molecule has 29 heavy (non-hydrogen) atoms. The van der Waals surface area contributed by atoms with E-state index in [-0.39, 0.29) is 23.6 Å². The number of rotatable bonds is 4. The Morgan fingerprint density at radius 3 is 2.21 bits per heavy atom. The molecule has 0 aliphatic carbocycles. The van der Waals surface area contributed by atoms with Crippen LogP contribution in [0.2, 0.25) is 0 Å². The summed E-state index contributed by atoms with van der Waals surface area (Å²) in [5.41, 5.74) is 1.94. The van der Waals surface area contributed by atoms with Crippen molar-refractivity contribution in [2.75, 3.05) is 13.1 Å². The second-order valence-electron chi connectivity index (χ2n) is 7.19. The molecule has 2 N–H and O–H groups in total. The molecule has 0 unspecified atom stereocenters. The largest absolute Gasteiger partial charge is 0.507 e. The average molecular weight is 389 g/mol. The average Bonchev–Trinajstić information content (AvgIpc) is 3.29. The summed E-state index contributed by atoms with van der Waals surface area (Å²) < 4.78 is 1.99. The van der Waals surface area contributed by atoms with Gasteiger partial charge in [0.05, 0.1) is 5.56 Å². The maximum atomic E-state index is 12.6. The minimum Gasteiger partial charge on any atom is -0.507 e. The van der Waals surface area contributed by atoms with Crippen LogP contribution in [0.3, 0.4) is 0 Å². The lowest BCUT2D eigenvalue weighted by Crippen LogP contribution is -2.46. The van der Waals surface area contributed by atoms with Crippen LogP contribution in [0, 0.1) is 0 Å². The Bertz CT molecular complexity index is 988. The summed E-state index contributed by atoms with van der Waals surface area (Å²) >= 11 is 0. The van der Waals surface area contributed by atoms with E-state index < -0.39 is 0 Å². The van der Waals surface area contributed by atoms with E-state index in [1.54, 1.807) is 23.1 Å². The molecule has 6 nitrogen and oxygen atoms in total. The Labute approximate surface area is 169 Å². The number of nitrogens with zero attached hydrogens (tertiary/aromatic N) is 2. The number of amides is 2. The van der Waals surface area contributed by atoms with Gasteiger partial charge >= 0.3 is 0 Å². The number of phenolic OH excluding ortho intramolecular Hbond substituents is 1. The third kappa shape index (κ3) is 4.16. The van der Waals surface area contributed by atoms with Crippen molar-refractivity contribution in [3.8, 4) is 11.4 Å². The zero-order chi connectivity index (χ0) is 20.2. The summed E-state index contributed by atoms with van der Waals surface area (Å²) in [5, 5.41) is 12.9. The summed E-state index contributed by atoms with van der Waals surface area (Å²) in [5.74, 6) is -0.278. The Morgan fingerprint density at radius 1 is 0.897 bits per heavy atom. The third-order valence-corrected chi connectivity index (χ3v) is 5.28. The van der Waals surface area contributed by atoms with Crippen molar-refractivity contribution in [1.82, 2.24) is 14.8 Å². The molecule has 1 aliphatic heterocycles. The van der Waals surface area contributed by atoms with Crippen LogP contribution in [0.4, 0.5) is 0 Å². The van der Waals surface area contributed by atoms with Crippen molar-refractivity contribution in [3.05, 3.63) is 84.2 Å². The van der Waals surface area contributed by atoms with Crippen molar-refractivity contribution in [2.24, 2.45) is 0 Å². The Kier molecular flexibility index (Phi) is 5.33. The van der Waals surface area contributed by atoms with E-state index in [9.17, 15) is 14.7 Å². The maximum absolute atomic E-state index is 12.6. The zero-order valence-corrected chi connectivity index (χ0v) is 16.0. The molecule has 0 spiro atoms. The molecule has 3 aromatic rings. The lowest BCUT2D eigenvalue weighted by atomic mass is 10.0. The van der Waals surface area contributed by atoms with Crippen LogP contribution in [-0.4, -0.2) is 45.5 Å². The van der Waals surface area contributed by atoms with Crippen molar-refractivity contribution in [3.63, 3.8) is 0 Å². The Hall–Kier alpha value is -3.54. The molecule has 2 heterocycles. The van der Waals surface area contributed by atoms with Gasteiger partial charge in [-0.2, -0.15) is 0 Å². The Morgan fingerprint density at radius 2 is 1.55 bits per heavy atom. The molecule has 1 aromatic heterocycles. The fourth-order valence-electron chi connectivity index (χ4n) is 3.61. The van der Waals surface area contributed by atoms with Crippen molar-refractivity contribution < 1.29 is 14.7 Å². The van der Waals surface area contributed by atoms with Gasteiger partial charge in [0.15, 0.2) is 0 Å². The summed E-state index contributed by atoms with van der Waals surface area (Å²) in [6.07, 6.45) is 5.29. The van der Waals surface area contributed by atoms with Crippen molar-refractivity contribution >= 4 is 11.8 Å². The Balaban J connectivity index is 1.32. The maximum Gasteiger partial charge on any atom is 0.257 e. The number of hydrogen-bond acceptors (Lipinski definition) is 3. The van der Waals surface area contributed by atoms with Crippen LogP contribution in [0.1, 0.15) is 33.6 Å². The molecule has 0 saturated carbocycles. The fourth-order valence-corrected chi connectivity index (χ4v) is 3.61. The zero-order valence-electron chi connectivity index (χ0n) is 16.0. The highest BCUT2D eigenvalue weighted by molar-refractivity contribution is 5.97. The molecular weight excluding hydrogens is 366 g/mol. The predicted octanol–water partition coefficient (Wildman–Crippen LogP) is 3.22. The highest BCUT2D eigenvalue weighted by atomic mass is 16.3. The first kappa shape index (κ1) is 18.8. The van der Waals surface area contributed by atoms with E-state index in [4.69, 9.17) is 0 Å². The second kappa shape index (κ2) is 8.22. The van der Waals surface area contributed by atoms with Crippen LogP contribution in [-0.2, 0) is 0 Å². The van der Waals surface area contributed by atoms with Crippen LogP contribution in [0.15, 0.2) is 73.1 Å². The first-order valence-corrected chi connectivity index (χ1v) is 9.73. The normalized spacial score (nSPS) is 14.6. The molecule has 1 saturated heterocycles. The number of hydrogen-bond donors (Lipinski definition) is 2. The van der Waals surface area contributed by atoms with Gasteiger partial charge < -0.3 is 19.9 Å². The smallest absolute Gasteiger partial charge is 0.257 e. The number of para-hydroxylation sites is 1. The number of piperidine rings is 1. The van der Waals surface area contributed by atoms with E-state index in [1.807, 2.05) is 53.4 Å². The molecule has 1 fully saturated rings. The first-order valence-electron chi connectivity index (χ1n) is 9.73.